The zero-order valence-corrected chi connectivity index (χ0v) is 20.8. The molecule has 0 amide bonds. The Morgan fingerprint density at radius 2 is 1.85 bits per heavy atom. The Morgan fingerprint density at radius 3 is 2.59 bits per heavy atom. The summed E-state index contributed by atoms with van der Waals surface area (Å²) in [5, 5.41) is 0.745. The molecule has 2 aliphatic heterocycles. The maximum absolute atomic E-state index is 11.9. The van der Waals surface area contributed by atoms with Gasteiger partial charge in [0.15, 0.2) is 6.29 Å². The zero-order chi connectivity index (χ0) is 23.9. The molecule has 2 aliphatic rings. The lowest BCUT2D eigenvalue weighted by Gasteiger charge is -2.37. The number of hydrogen-bond acceptors (Lipinski definition) is 5. The van der Waals surface area contributed by atoms with Crippen LogP contribution in [0.4, 0.5) is 5.69 Å². The van der Waals surface area contributed by atoms with Crippen LogP contribution in [0, 0.1) is 6.92 Å². The van der Waals surface area contributed by atoms with Crippen LogP contribution in [0.25, 0.3) is 0 Å². The van der Waals surface area contributed by atoms with Gasteiger partial charge in [-0.1, -0.05) is 29.8 Å². The van der Waals surface area contributed by atoms with Crippen LogP contribution in [0.1, 0.15) is 33.5 Å². The molecular formula is C28H33ClN4O. The number of nitrogens with zero attached hydrogens (tertiary/aromatic N) is 4. The van der Waals surface area contributed by atoms with Crippen LogP contribution in [-0.2, 0) is 13.1 Å². The monoisotopic (exact) mass is 476 g/mol. The van der Waals surface area contributed by atoms with E-state index in [2.05, 4.69) is 63.2 Å². The SMILES string of the molecule is Cc1cc(N2CCN(CC3=CCC=NC=C3)CC2)cc(CN(C)Cc2ccc(Cl)cc2)c1C=O. The fourth-order valence-electron chi connectivity index (χ4n) is 4.65. The highest BCUT2D eigenvalue weighted by molar-refractivity contribution is 6.30. The summed E-state index contributed by atoms with van der Waals surface area (Å²) in [6, 6.07) is 12.3. The van der Waals surface area contributed by atoms with E-state index in [0.717, 1.165) is 73.7 Å². The molecule has 178 valence electrons. The van der Waals surface area contributed by atoms with Gasteiger partial charge >= 0.3 is 0 Å². The van der Waals surface area contributed by atoms with Gasteiger partial charge in [0.1, 0.15) is 0 Å². The molecule has 0 radical (unpaired) electrons. The summed E-state index contributed by atoms with van der Waals surface area (Å²) in [6.45, 7) is 8.52. The number of rotatable bonds is 8. The first-order chi connectivity index (χ1) is 16.5. The molecule has 0 spiro atoms. The van der Waals surface area contributed by atoms with E-state index in [-0.39, 0.29) is 0 Å². The number of aliphatic imine (C=N–C) groups is 1. The minimum Gasteiger partial charge on any atom is -0.369 e. The molecule has 0 bridgehead atoms. The third-order valence-corrected chi connectivity index (χ3v) is 6.74. The van der Waals surface area contributed by atoms with Crippen LogP contribution in [-0.4, -0.2) is 62.1 Å². The van der Waals surface area contributed by atoms with Gasteiger partial charge in [0, 0.05) is 80.9 Å². The summed E-state index contributed by atoms with van der Waals surface area (Å²) in [5.74, 6) is 0. The zero-order valence-electron chi connectivity index (χ0n) is 20.1. The van der Waals surface area contributed by atoms with Crippen molar-refractivity contribution in [1.29, 1.82) is 0 Å². The van der Waals surface area contributed by atoms with Crippen LogP contribution >= 0.6 is 11.6 Å². The number of carbonyl (C=O) groups is 1. The molecular weight excluding hydrogens is 444 g/mol. The highest BCUT2D eigenvalue weighted by Gasteiger charge is 2.20. The Hall–Kier alpha value is -2.73. The molecule has 5 nitrogen and oxygen atoms in total. The summed E-state index contributed by atoms with van der Waals surface area (Å²) < 4.78 is 0. The average molecular weight is 477 g/mol. The van der Waals surface area contributed by atoms with E-state index in [1.807, 2.05) is 31.5 Å². The van der Waals surface area contributed by atoms with Crippen LogP contribution in [0.2, 0.25) is 5.02 Å². The summed E-state index contributed by atoms with van der Waals surface area (Å²) in [5.41, 5.74) is 6.67. The molecule has 1 fully saturated rings. The van der Waals surface area contributed by atoms with Gasteiger partial charge in [0.25, 0.3) is 0 Å². The van der Waals surface area contributed by atoms with E-state index < -0.39 is 0 Å². The van der Waals surface area contributed by atoms with Crippen molar-refractivity contribution in [3.8, 4) is 0 Å². The summed E-state index contributed by atoms with van der Waals surface area (Å²) in [6.07, 6.45) is 10.1. The molecule has 2 heterocycles. The summed E-state index contributed by atoms with van der Waals surface area (Å²) >= 11 is 6.02. The maximum atomic E-state index is 11.9. The molecule has 34 heavy (non-hydrogen) atoms. The first-order valence-electron chi connectivity index (χ1n) is 11.9. The predicted molar refractivity (Wildman–Crippen MR) is 142 cm³/mol. The number of benzene rings is 2. The first kappa shape index (κ1) is 24.4. The third-order valence-electron chi connectivity index (χ3n) is 6.49. The summed E-state index contributed by atoms with van der Waals surface area (Å²) in [7, 11) is 2.09. The van der Waals surface area contributed by atoms with E-state index in [0.29, 0.717) is 6.54 Å². The van der Waals surface area contributed by atoms with Crippen LogP contribution < -0.4 is 4.90 Å². The fraction of sp³-hybridized carbons (Fsp3) is 0.357. The number of halogens is 1. The third kappa shape index (κ3) is 6.44. The normalized spacial score (nSPS) is 16.6. The highest BCUT2D eigenvalue weighted by Crippen LogP contribution is 2.25. The summed E-state index contributed by atoms with van der Waals surface area (Å²) in [4.78, 5) is 23.3. The van der Waals surface area contributed by atoms with Crippen molar-refractivity contribution in [1.82, 2.24) is 9.80 Å². The Balaban J connectivity index is 1.41. The van der Waals surface area contributed by atoms with Gasteiger partial charge in [-0.2, -0.15) is 0 Å². The number of hydrogen-bond donors (Lipinski definition) is 0. The molecule has 0 atom stereocenters. The van der Waals surface area contributed by atoms with Gasteiger partial charge in [0.05, 0.1) is 0 Å². The number of aryl methyl sites for hydroxylation is 1. The second-order valence-corrected chi connectivity index (χ2v) is 9.61. The molecule has 0 aliphatic carbocycles. The Labute approximate surface area is 208 Å². The number of anilines is 1. The van der Waals surface area contributed by atoms with Gasteiger partial charge in [-0.3, -0.25) is 19.6 Å². The molecule has 0 aromatic heterocycles. The lowest BCUT2D eigenvalue weighted by molar-refractivity contribution is 0.112. The van der Waals surface area contributed by atoms with E-state index >= 15 is 0 Å². The van der Waals surface area contributed by atoms with Crippen molar-refractivity contribution in [3.63, 3.8) is 0 Å². The van der Waals surface area contributed by atoms with Gasteiger partial charge in [0.2, 0.25) is 0 Å². The number of allylic oxidation sites excluding steroid dienone is 1. The lowest BCUT2D eigenvalue weighted by atomic mass is 10.00. The standard InChI is InChI=1S/C28H33ClN4O/c1-22-16-27(33-14-12-32(13-15-33)19-23-4-3-10-30-11-9-23)17-25(28(22)21-34)20-31(2)18-24-5-7-26(29)8-6-24/h4-11,16-17,21H,3,12-15,18-20H2,1-2H3. The van der Waals surface area contributed by atoms with Crippen molar-refractivity contribution in [3.05, 3.63) is 87.6 Å². The van der Waals surface area contributed by atoms with Crippen LogP contribution in [0.5, 0.6) is 0 Å². The minimum atomic E-state index is 0.716. The number of carbonyl (C=O) groups excluding carboxylic acids is 1. The average Bonchev–Trinajstić information content (AvgIpc) is 3.09. The molecule has 2 aromatic carbocycles. The van der Waals surface area contributed by atoms with Gasteiger partial charge < -0.3 is 4.90 Å². The largest absolute Gasteiger partial charge is 0.369 e. The molecule has 0 saturated carbocycles. The van der Waals surface area contributed by atoms with E-state index in [1.165, 1.54) is 16.8 Å². The van der Waals surface area contributed by atoms with Crippen LogP contribution in [0.15, 0.2) is 65.3 Å². The maximum Gasteiger partial charge on any atom is 0.150 e. The minimum absolute atomic E-state index is 0.716. The second kappa shape index (κ2) is 11.6. The van der Waals surface area contributed by atoms with E-state index in [9.17, 15) is 4.79 Å². The predicted octanol–water partition coefficient (Wildman–Crippen LogP) is 5.13. The Bertz CT molecular complexity index is 1080. The van der Waals surface area contributed by atoms with Crippen molar-refractivity contribution >= 4 is 29.8 Å². The van der Waals surface area contributed by atoms with Gasteiger partial charge in [-0.15, -0.1) is 0 Å². The molecule has 1 saturated heterocycles. The molecule has 0 N–H and O–H groups in total. The van der Waals surface area contributed by atoms with Crippen molar-refractivity contribution in [2.24, 2.45) is 4.99 Å². The number of piperazine rings is 1. The van der Waals surface area contributed by atoms with E-state index in [4.69, 9.17) is 11.6 Å². The molecule has 0 unspecified atom stereocenters. The quantitative estimate of drug-likeness (QED) is 0.495. The van der Waals surface area contributed by atoms with Gasteiger partial charge in [-0.25, -0.2) is 0 Å². The molecule has 4 rings (SSSR count). The highest BCUT2D eigenvalue weighted by atomic mass is 35.5. The van der Waals surface area contributed by atoms with Crippen molar-refractivity contribution in [2.75, 3.05) is 44.7 Å². The van der Waals surface area contributed by atoms with Crippen molar-refractivity contribution < 1.29 is 4.79 Å². The smallest absolute Gasteiger partial charge is 0.150 e. The van der Waals surface area contributed by atoms with Gasteiger partial charge in [-0.05, 0) is 66.6 Å². The molecule has 6 heteroatoms. The fourth-order valence-corrected chi connectivity index (χ4v) is 4.78. The Kier molecular flexibility index (Phi) is 8.33. The van der Waals surface area contributed by atoms with Crippen LogP contribution in [0.3, 0.4) is 0 Å². The van der Waals surface area contributed by atoms with E-state index in [1.54, 1.807) is 0 Å². The lowest BCUT2D eigenvalue weighted by Crippen LogP contribution is -2.47. The topological polar surface area (TPSA) is 39.1 Å². The van der Waals surface area contributed by atoms with Crippen molar-refractivity contribution in [2.45, 2.75) is 26.4 Å². The molecule has 2 aromatic rings. The first-order valence-corrected chi connectivity index (χ1v) is 12.3. The Morgan fingerprint density at radius 1 is 1.09 bits per heavy atom. The number of aldehydes is 1. The second-order valence-electron chi connectivity index (χ2n) is 9.18.